The summed E-state index contributed by atoms with van der Waals surface area (Å²) in [5, 5.41) is 9.09. The van der Waals surface area contributed by atoms with Crippen molar-refractivity contribution in [3.05, 3.63) is 16.1 Å². The van der Waals surface area contributed by atoms with Gasteiger partial charge in [0, 0.05) is 37.5 Å². The van der Waals surface area contributed by atoms with Gasteiger partial charge in [0.1, 0.15) is 0 Å². The number of carbonyl (C=O) groups is 1. The first-order valence-corrected chi connectivity index (χ1v) is 7.72. The van der Waals surface area contributed by atoms with Gasteiger partial charge in [0.05, 0.1) is 23.7 Å². The van der Waals surface area contributed by atoms with Gasteiger partial charge in [0.25, 0.3) is 0 Å². The molecular formula is C14H27Cl2N3O2S. The molecule has 22 heavy (non-hydrogen) atoms. The van der Waals surface area contributed by atoms with Crippen molar-refractivity contribution < 1.29 is 9.53 Å². The van der Waals surface area contributed by atoms with Crippen molar-refractivity contribution in [3.63, 3.8) is 0 Å². The third-order valence-corrected chi connectivity index (χ3v) is 3.96. The normalized spacial score (nSPS) is 10.5. The lowest BCUT2D eigenvalue weighted by molar-refractivity contribution is -0.120. The van der Waals surface area contributed by atoms with Gasteiger partial charge in [-0.05, 0) is 0 Å². The number of carbonyl (C=O) groups excluding carboxylic acids is 1. The van der Waals surface area contributed by atoms with Crippen molar-refractivity contribution in [3.8, 4) is 0 Å². The van der Waals surface area contributed by atoms with E-state index >= 15 is 0 Å². The third kappa shape index (κ3) is 9.58. The summed E-state index contributed by atoms with van der Waals surface area (Å²) in [6.07, 6.45) is 0.352. The maximum Gasteiger partial charge on any atom is 0.226 e. The van der Waals surface area contributed by atoms with Crippen LogP contribution in [0, 0.1) is 0 Å². The number of nitrogens with zero attached hydrogens (tertiary/aromatic N) is 1. The zero-order valence-electron chi connectivity index (χ0n) is 13.6. The Labute approximate surface area is 149 Å². The molecule has 8 heteroatoms. The molecule has 5 nitrogen and oxygen atoms in total. The van der Waals surface area contributed by atoms with Gasteiger partial charge in [-0.3, -0.25) is 4.79 Å². The number of aromatic nitrogens is 1. The first-order valence-electron chi connectivity index (χ1n) is 6.84. The largest absolute Gasteiger partial charge is 0.383 e. The summed E-state index contributed by atoms with van der Waals surface area (Å²) in [7, 11) is 1.67. The van der Waals surface area contributed by atoms with Gasteiger partial charge in [-0.1, -0.05) is 20.8 Å². The minimum absolute atomic E-state index is 0. The quantitative estimate of drug-likeness (QED) is 0.687. The van der Waals surface area contributed by atoms with Crippen molar-refractivity contribution in [1.82, 2.24) is 15.6 Å². The Kier molecular flexibility index (Phi) is 13.1. The molecule has 0 radical (unpaired) electrons. The minimum atomic E-state index is 0. The SMILES string of the molecule is COCCNCCNC(=O)Cc1csc(C(C)(C)C)n1.Cl.Cl. The van der Waals surface area contributed by atoms with Crippen LogP contribution in [0.5, 0.6) is 0 Å². The molecule has 0 aliphatic carbocycles. The lowest BCUT2D eigenvalue weighted by atomic mass is 9.98. The van der Waals surface area contributed by atoms with Crippen LogP contribution in [-0.4, -0.2) is 44.2 Å². The second kappa shape index (κ2) is 12.1. The van der Waals surface area contributed by atoms with Crippen molar-refractivity contribution in [2.45, 2.75) is 32.6 Å². The standard InChI is InChI=1S/C14H25N3O2S.2ClH/c1-14(2,3)13-17-11(10-20-13)9-12(18)16-6-5-15-7-8-19-4;;/h10,15H,5-9H2,1-4H3,(H,16,18);2*1H. The van der Waals surface area contributed by atoms with Gasteiger partial charge in [0.15, 0.2) is 0 Å². The molecule has 0 aliphatic rings. The fraction of sp³-hybridized carbons (Fsp3) is 0.714. The van der Waals surface area contributed by atoms with E-state index in [1.807, 2.05) is 5.38 Å². The molecule has 2 N–H and O–H groups in total. The zero-order valence-corrected chi connectivity index (χ0v) is 16.1. The number of hydrogen-bond donors (Lipinski definition) is 2. The summed E-state index contributed by atoms with van der Waals surface area (Å²) < 4.78 is 4.92. The van der Waals surface area contributed by atoms with Crippen LogP contribution < -0.4 is 10.6 Å². The van der Waals surface area contributed by atoms with E-state index in [-0.39, 0.29) is 36.1 Å². The number of halogens is 2. The lowest BCUT2D eigenvalue weighted by Gasteiger charge is -2.13. The van der Waals surface area contributed by atoms with Crippen LogP contribution in [0.4, 0.5) is 0 Å². The summed E-state index contributed by atoms with van der Waals surface area (Å²) in [6.45, 7) is 9.23. The molecular weight excluding hydrogens is 345 g/mol. The smallest absolute Gasteiger partial charge is 0.226 e. The predicted molar refractivity (Wildman–Crippen MR) is 96.8 cm³/mol. The van der Waals surface area contributed by atoms with Crippen LogP contribution in [0.15, 0.2) is 5.38 Å². The van der Waals surface area contributed by atoms with Crippen LogP contribution in [0.3, 0.4) is 0 Å². The minimum Gasteiger partial charge on any atom is -0.383 e. The molecule has 1 rings (SSSR count). The summed E-state index contributed by atoms with van der Waals surface area (Å²) in [6, 6.07) is 0. The number of hydrogen-bond acceptors (Lipinski definition) is 5. The van der Waals surface area contributed by atoms with Crippen LogP contribution >= 0.6 is 36.2 Å². The number of nitrogens with one attached hydrogen (secondary N) is 2. The van der Waals surface area contributed by atoms with Gasteiger partial charge >= 0.3 is 0 Å². The fourth-order valence-electron chi connectivity index (χ4n) is 1.55. The number of thiazole rings is 1. The zero-order chi connectivity index (χ0) is 15.0. The lowest BCUT2D eigenvalue weighted by Crippen LogP contribution is -2.33. The molecule has 1 aromatic heterocycles. The average Bonchev–Trinajstić information content (AvgIpc) is 2.82. The molecule has 0 saturated heterocycles. The van der Waals surface area contributed by atoms with E-state index in [1.165, 1.54) is 0 Å². The first-order chi connectivity index (χ1) is 9.43. The maximum atomic E-state index is 11.8. The Balaban J connectivity index is 0. The van der Waals surface area contributed by atoms with Gasteiger partial charge in [-0.2, -0.15) is 0 Å². The highest BCUT2D eigenvalue weighted by Crippen LogP contribution is 2.25. The van der Waals surface area contributed by atoms with Crippen LogP contribution in [0.1, 0.15) is 31.5 Å². The number of methoxy groups -OCH3 is 1. The van der Waals surface area contributed by atoms with E-state index in [4.69, 9.17) is 4.74 Å². The Morgan fingerprint density at radius 2 is 1.95 bits per heavy atom. The Hall–Kier alpha value is -0.400. The summed E-state index contributed by atoms with van der Waals surface area (Å²) >= 11 is 1.62. The summed E-state index contributed by atoms with van der Waals surface area (Å²) in [5.41, 5.74) is 0.898. The van der Waals surface area contributed by atoms with Crippen LogP contribution in [0.2, 0.25) is 0 Å². The van der Waals surface area contributed by atoms with E-state index < -0.39 is 0 Å². The highest BCUT2D eigenvalue weighted by atomic mass is 35.5. The highest BCUT2D eigenvalue weighted by molar-refractivity contribution is 7.09. The van der Waals surface area contributed by atoms with Crippen molar-refractivity contribution in [1.29, 1.82) is 0 Å². The number of ether oxygens (including phenoxy) is 1. The van der Waals surface area contributed by atoms with Gasteiger partial charge < -0.3 is 15.4 Å². The molecule has 1 aromatic rings. The average molecular weight is 372 g/mol. The molecule has 0 fully saturated rings. The van der Waals surface area contributed by atoms with E-state index in [2.05, 4.69) is 36.4 Å². The topological polar surface area (TPSA) is 63.2 Å². The molecule has 1 amide bonds. The maximum absolute atomic E-state index is 11.8. The molecule has 0 aliphatic heterocycles. The van der Waals surface area contributed by atoms with E-state index in [0.29, 0.717) is 19.6 Å². The predicted octanol–water partition coefficient (Wildman–Crippen LogP) is 2.18. The van der Waals surface area contributed by atoms with Crippen molar-refractivity contribution >= 4 is 42.1 Å². The second-order valence-electron chi connectivity index (χ2n) is 5.66. The van der Waals surface area contributed by atoms with Crippen LogP contribution in [0.25, 0.3) is 0 Å². The Morgan fingerprint density at radius 1 is 1.27 bits per heavy atom. The Bertz CT molecular complexity index is 422. The van der Waals surface area contributed by atoms with E-state index in [1.54, 1.807) is 18.4 Å². The molecule has 0 saturated carbocycles. The molecule has 1 heterocycles. The van der Waals surface area contributed by atoms with Crippen LogP contribution in [-0.2, 0) is 21.4 Å². The second-order valence-corrected chi connectivity index (χ2v) is 6.52. The first kappa shape index (κ1) is 23.9. The molecule has 0 aromatic carbocycles. The van der Waals surface area contributed by atoms with E-state index in [9.17, 15) is 4.79 Å². The molecule has 0 unspecified atom stereocenters. The Morgan fingerprint density at radius 3 is 2.50 bits per heavy atom. The fourth-order valence-corrected chi connectivity index (χ4v) is 2.46. The molecule has 0 bridgehead atoms. The summed E-state index contributed by atoms with van der Waals surface area (Å²) in [5.74, 6) is 0.0179. The number of amides is 1. The van der Waals surface area contributed by atoms with E-state index in [0.717, 1.165) is 23.8 Å². The monoisotopic (exact) mass is 371 g/mol. The van der Waals surface area contributed by atoms with Crippen molar-refractivity contribution in [2.75, 3.05) is 33.4 Å². The number of rotatable bonds is 8. The summed E-state index contributed by atoms with van der Waals surface area (Å²) in [4.78, 5) is 16.3. The third-order valence-electron chi connectivity index (χ3n) is 2.64. The molecule has 0 atom stereocenters. The van der Waals surface area contributed by atoms with Gasteiger partial charge in [-0.15, -0.1) is 36.2 Å². The molecule has 0 spiro atoms. The highest BCUT2D eigenvalue weighted by Gasteiger charge is 2.18. The van der Waals surface area contributed by atoms with Crippen molar-refractivity contribution in [2.24, 2.45) is 0 Å². The van der Waals surface area contributed by atoms with Gasteiger partial charge in [-0.25, -0.2) is 4.98 Å². The van der Waals surface area contributed by atoms with Gasteiger partial charge in [0.2, 0.25) is 5.91 Å². The molecule has 130 valence electrons.